The summed E-state index contributed by atoms with van der Waals surface area (Å²) in [7, 11) is 0. The third-order valence-electron chi connectivity index (χ3n) is 5.27. The van der Waals surface area contributed by atoms with Gasteiger partial charge in [-0.25, -0.2) is 9.59 Å². The number of hydrogen-bond donors (Lipinski definition) is 1. The molecule has 6 heteroatoms. The quantitative estimate of drug-likeness (QED) is 0.794. The lowest BCUT2D eigenvalue weighted by molar-refractivity contribution is -0.143. The maximum atomic E-state index is 12.9. The van der Waals surface area contributed by atoms with Crippen molar-refractivity contribution in [1.82, 2.24) is 9.80 Å². The van der Waals surface area contributed by atoms with E-state index in [2.05, 4.69) is 0 Å². The summed E-state index contributed by atoms with van der Waals surface area (Å²) < 4.78 is 5.45. The number of carbonyl (C=O) groups is 2. The van der Waals surface area contributed by atoms with Crippen LogP contribution in [0.25, 0.3) is 0 Å². The molecule has 0 aromatic rings. The van der Waals surface area contributed by atoms with E-state index >= 15 is 0 Å². The van der Waals surface area contributed by atoms with Gasteiger partial charge in [-0.05, 0) is 38.5 Å². The number of aliphatic carboxylic acids is 1. The fourth-order valence-electron chi connectivity index (χ4n) is 4.19. The molecule has 0 aromatic carbocycles. The Labute approximate surface area is 125 Å². The maximum absolute atomic E-state index is 12.9. The number of ether oxygens (including phenoxy) is 1. The van der Waals surface area contributed by atoms with E-state index in [0.717, 1.165) is 19.3 Å². The number of urea groups is 1. The van der Waals surface area contributed by atoms with Crippen LogP contribution in [-0.4, -0.2) is 64.8 Å². The van der Waals surface area contributed by atoms with E-state index in [-0.39, 0.29) is 17.5 Å². The van der Waals surface area contributed by atoms with E-state index in [1.807, 2.05) is 13.8 Å². The Hall–Kier alpha value is -1.30. The van der Waals surface area contributed by atoms with Crippen LogP contribution in [0.2, 0.25) is 0 Å². The first-order valence-electron chi connectivity index (χ1n) is 7.80. The molecule has 1 N–H and O–H groups in total. The molecular formula is C15H24N2O4. The zero-order valence-electron chi connectivity index (χ0n) is 12.7. The topological polar surface area (TPSA) is 70.1 Å². The summed E-state index contributed by atoms with van der Waals surface area (Å²) in [6.45, 7) is 6.08. The largest absolute Gasteiger partial charge is 0.480 e. The van der Waals surface area contributed by atoms with Crippen LogP contribution < -0.4 is 0 Å². The Morgan fingerprint density at radius 1 is 1.29 bits per heavy atom. The number of amides is 2. The van der Waals surface area contributed by atoms with Crippen LogP contribution in [0, 0.1) is 11.8 Å². The normalized spacial score (nSPS) is 34.9. The van der Waals surface area contributed by atoms with Crippen LogP contribution in [0.1, 0.15) is 33.1 Å². The molecule has 3 fully saturated rings. The molecule has 1 aliphatic carbocycles. The van der Waals surface area contributed by atoms with Crippen molar-refractivity contribution in [2.75, 3.05) is 26.3 Å². The molecule has 0 bridgehead atoms. The second-order valence-corrected chi connectivity index (χ2v) is 7.09. The number of hydrogen-bond acceptors (Lipinski definition) is 3. The molecule has 1 saturated carbocycles. The van der Waals surface area contributed by atoms with Gasteiger partial charge >= 0.3 is 12.0 Å². The monoisotopic (exact) mass is 296 g/mol. The SMILES string of the molecule is CC1(C)COCCN1C(=O)N1CC2CCCC2C1C(=O)O. The van der Waals surface area contributed by atoms with Crippen molar-refractivity contribution in [3.05, 3.63) is 0 Å². The predicted octanol–water partition coefficient (Wildman–Crippen LogP) is 1.40. The Morgan fingerprint density at radius 2 is 2.05 bits per heavy atom. The third-order valence-corrected chi connectivity index (χ3v) is 5.27. The zero-order chi connectivity index (χ0) is 15.2. The molecule has 0 aromatic heterocycles. The van der Waals surface area contributed by atoms with Crippen molar-refractivity contribution in [1.29, 1.82) is 0 Å². The first-order valence-corrected chi connectivity index (χ1v) is 7.80. The van der Waals surface area contributed by atoms with Gasteiger partial charge in [0.1, 0.15) is 6.04 Å². The minimum Gasteiger partial charge on any atom is -0.480 e. The summed E-state index contributed by atoms with van der Waals surface area (Å²) in [5.41, 5.74) is -0.379. The molecule has 0 spiro atoms. The van der Waals surface area contributed by atoms with Crippen LogP contribution in [0.4, 0.5) is 4.79 Å². The number of carboxylic acids is 1. The van der Waals surface area contributed by atoms with Crippen molar-refractivity contribution in [2.45, 2.75) is 44.7 Å². The summed E-state index contributed by atoms with van der Waals surface area (Å²) in [5.74, 6) is -0.362. The molecule has 2 aliphatic heterocycles. The van der Waals surface area contributed by atoms with E-state index in [4.69, 9.17) is 4.74 Å². The van der Waals surface area contributed by atoms with Gasteiger partial charge in [0.15, 0.2) is 0 Å². The lowest BCUT2D eigenvalue weighted by atomic mass is 9.94. The van der Waals surface area contributed by atoms with Gasteiger partial charge in [0, 0.05) is 13.1 Å². The van der Waals surface area contributed by atoms with Crippen molar-refractivity contribution >= 4 is 12.0 Å². The number of fused-ring (bicyclic) bond motifs is 1. The second kappa shape index (κ2) is 5.16. The lowest BCUT2D eigenvalue weighted by Crippen LogP contribution is -2.60. The maximum Gasteiger partial charge on any atom is 0.326 e. The molecule has 2 heterocycles. The molecule has 3 unspecified atom stereocenters. The van der Waals surface area contributed by atoms with Gasteiger partial charge in [-0.3, -0.25) is 0 Å². The standard InChI is InChI=1S/C15H24N2O4/c1-15(2)9-21-7-6-17(15)14(20)16-8-10-4-3-5-11(10)12(16)13(18)19/h10-12H,3-9H2,1-2H3,(H,18,19). The fraction of sp³-hybridized carbons (Fsp3) is 0.867. The van der Waals surface area contributed by atoms with E-state index in [1.165, 1.54) is 0 Å². The summed E-state index contributed by atoms with van der Waals surface area (Å²) in [6, 6.07) is -0.784. The van der Waals surface area contributed by atoms with Gasteiger partial charge in [0.25, 0.3) is 0 Å². The molecule has 2 amide bonds. The molecule has 3 rings (SSSR count). The summed E-state index contributed by atoms with van der Waals surface area (Å²) >= 11 is 0. The number of rotatable bonds is 1. The van der Waals surface area contributed by atoms with E-state index < -0.39 is 12.0 Å². The highest BCUT2D eigenvalue weighted by Gasteiger charge is 2.51. The minimum absolute atomic E-state index is 0.134. The van der Waals surface area contributed by atoms with E-state index in [0.29, 0.717) is 32.2 Å². The molecule has 2 saturated heterocycles. The highest BCUT2D eigenvalue weighted by Crippen LogP contribution is 2.43. The average Bonchev–Trinajstić information content (AvgIpc) is 2.96. The molecule has 21 heavy (non-hydrogen) atoms. The number of nitrogens with zero attached hydrogens (tertiary/aromatic N) is 2. The Bertz CT molecular complexity index is 451. The first kappa shape index (κ1) is 14.6. The lowest BCUT2D eigenvalue weighted by Gasteiger charge is -2.44. The van der Waals surface area contributed by atoms with Gasteiger partial charge in [0.2, 0.25) is 0 Å². The Kier molecular flexibility index (Phi) is 3.59. The van der Waals surface area contributed by atoms with Crippen molar-refractivity contribution in [3.63, 3.8) is 0 Å². The Balaban J connectivity index is 1.81. The predicted molar refractivity (Wildman–Crippen MR) is 76.0 cm³/mol. The van der Waals surface area contributed by atoms with Crippen LogP contribution in [0.3, 0.4) is 0 Å². The van der Waals surface area contributed by atoms with Crippen LogP contribution in [0.5, 0.6) is 0 Å². The third kappa shape index (κ3) is 2.39. The van der Waals surface area contributed by atoms with E-state index in [1.54, 1.807) is 9.80 Å². The van der Waals surface area contributed by atoms with E-state index in [9.17, 15) is 14.7 Å². The molecule has 0 radical (unpaired) electrons. The number of carboxylic acid groups (broad SMARTS) is 1. The molecule has 6 nitrogen and oxygen atoms in total. The Morgan fingerprint density at radius 3 is 2.71 bits per heavy atom. The second-order valence-electron chi connectivity index (χ2n) is 7.09. The number of carbonyl (C=O) groups excluding carboxylic acids is 1. The fourth-order valence-corrected chi connectivity index (χ4v) is 4.19. The number of likely N-dealkylation sites (tertiary alicyclic amines) is 1. The summed E-state index contributed by atoms with van der Waals surface area (Å²) in [4.78, 5) is 27.9. The highest BCUT2D eigenvalue weighted by molar-refractivity contribution is 5.84. The van der Waals surface area contributed by atoms with Crippen LogP contribution in [-0.2, 0) is 9.53 Å². The van der Waals surface area contributed by atoms with Crippen molar-refractivity contribution < 1.29 is 19.4 Å². The highest BCUT2D eigenvalue weighted by atomic mass is 16.5. The smallest absolute Gasteiger partial charge is 0.326 e. The van der Waals surface area contributed by atoms with Gasteiger partial charge in [-0.2, -0.15) is 0 Å². The van der Waals surface area contributed by atoms with Gasteiger partial charge in [0.05, 0.1) is 18.8 Å². The summed E-state index contributed by atoms with van der Waals surface area (Å²) in [5, 5.41) is 9.57. The minimum atomic E-state index is -0.858. The average molecular weight is 296 g/mol. The van der Waals surface area contributed by atoms with Crippen LogP contribution in [0.15, 0.2) is 0 Å². The van der Waals surface area contributed by atoms with Gasteiger partial charge < -0.3 is 19.6 Å². The zero-order valence-corrected chi connectivity index (χ0v) is 12.7. The molecular weight excluding hydrogens is 272 g/mol. The van der Waals surface area contributed by atoms with Crippen molar-refractivity contribution in [3.8, 4) is 0 Å². The summed E-state index contributed by atoms with van der Waals surface area (Å²) in [6.07, 6.45) is 3.06. The molecule has 3 atom stereocenters. The van der Waals surface area contributed by atoms with Gasteiger partial charge in [-0.15, -0.1) is 0 Å². The van der Waals surface area contributed by atoms with Gasteiger partial charge in [-0.1, -0.05) is 6.42 Å². The first-order chi connectivity index (χ1) is 9.92. The van der Waals surface area contributed by atoms with Crippen LogP contribution >= 0.6 is 0 Å². The number of morpholine rings is 1. The molecule has 118 valence electrons. The van der Waals surface area contributed by atoms with Crippen molar-refractivity contribution in [2.24, 2.45) is 11.8 Å². The molecule has 3 aliphatic rings.